The average molecular weight is 426 g/mol. The molecule has 2 aromatic carbocycles. The van der Waals surface area contributed by atoms with Crippen molar-refractivity contribution in [2.24, 2.45) is 0 Å². The van der Waals surface area contributed by atoms with E-state index in [1.54, 1.807) is 24.3 Å². The van der Waals surface area contributed by atoms with Crippen molar-refractivity contribution in [1.29, 1.82) is 0 Å². The Morgan fingerprint density at radius 3 is 2.45 bits per heavy atom. The number of amides is 2. The number of nitrogens with one attached hydrogen (secondary N) is 2. The molecule has 0 unspecified atom stereocenters. The Kier molecular flexibility index (Phi) is 6.15. The van der Waals surface area contributed by atoms with E-state index in [1.165, 1.54) is 0 Å². The van der Waals surface area contributed by atoms with Crippen molar-refractivity contribution in [1.82, 2.24) is 5.32 Å². The van der Waals surface area contributed by atoms with E-state index >= 15 is 0 Å². The number of hydrogen-bond acceptors (Lipinski definition) is 2. The third kappa shape index (κ3) is 4.96. The van der Waals surface area contributed by atoms with Crippen LogP contribution in [0.4, 0.5) is 5.69 Å². The van der Waals surface area contributed by atoms with Gasteiger partial charge in [0.15, 0.2) is 0 Å². The van der Waals surface area contributed by atoms with Gasteiger partial charge in [-0.25, -0.2) is 0 Å². The fourth-order valence-corrected chi connectivity index (χ4v) is 2.49. The van der Waals surface area contributed by atoms with Crippen molar-refractivity contribution in [2.45, 2.75) is 6.42 Å². The summed E-state index contributed by atoms with van der Waals surface area (Å²) < 4.78 is 1.68. The normalized spacial score (nSPS) is 10.1. The third-order valence-corrected chi connectivity index (χ3v) is 4.06. The molecule has 0 atom stereocenters. The number of anilines is 1. The molecule has 0 aromatic heterocycles. The van der Waals surface area contributed by atoms with Crippen LogP contribution in [0.25, 0.3) is 0 Å². The van der Waals surface area contributed by atoms with Gasteiger partial charge in [-0.1, -0.05) is 34.1 Å². The summed E-state index contributed by atoms with van der Waals surface area (Å²) >= 11 is 6.73. The Hall–Kier alpha value is -1.66. The number of halogens is 2. The second-order valence-corrected chi connectivity index (χ2v) is 6.31. The summed E-state index contributed by atoms with van der Waals surface area (Å²) in [6.45, 7) is 0.283. The van der Waals surface area contributed by atoms with Gasteiger partial charge in [0, 0.05) is 27.5 Å². The lowest BCUT2D eigenvalue weighted by Crippen LogP contribution is -2.27. The number of carbonyl (C=O) groups is 2. The molecule has 0 aliphatic carbocycles. The summed E-state index contributed by atoms with van der Waals surface area (Å²) in [5.41, 5.74) is 1.27. The fraction of sp³-hybridized carbons (Fsp3) is 0.125. The summed E-state index contributed by atoms with van der Waals surface area (Å²) in [4.78, 5) is 23.7. The van der Waals surface area contributed by atoms with E-state index < -0.39 is 0 Å². The largest absolute Gasteiger partial charge is 0.352 e. The Bertz CT molecular complexity index is 675. The maximum atomic E-state index is 11.9. The standard InChI is InChI=1S/C16H14Br2N2O2/c17-12-6-7-13(18)14(10-12)20-15(21)8-9-19-16(22)11-4-2-1-3-5-11/h1-7,10H,8-9H2,(H,19,22)(H,20,21). The van der Waals surface area contributed by atoms with Gasteiger partial charge in [-0.3, -0.25) is 9.59 Å². The van der Waals surface area contributed by atoms with E-state index in [0.717, 1.165) is 8.95 Å². The summed E-state index contributed by atoms with van der Waals surface area (Å²) in [7, 11) is 0. The van der Waals surface area contributed by atoms with Gasteiger partial charge in [0.1, 0.15) is 0 Å². The number of benzene rings is 2. The van der Waals surface area contributed by atoms with E-state index in [1.807, 2.05) is 24.3 Å². The maximum absolute atomic E-state index is 11.9. The molecule has 0 bridgehead atoms. The maximum Gasteiger partial charge on any atom is 0.251 e. The van der Waals surface area contributed by atoms with Gasteiger partial charge in [-0.05, 0) is 46.3 Å². The molecule has 0 spiro atoms. The Labute approximate surface area is 145 Å². The van der Waals surface area contributed by atoms with E-state index in [-0.39, 0.29) is 24.8 Å². The summed E-state index contributed by atoms with van der Waals surface area (Å²) in [6.07, 6.45) is 0.206. The number of rotatable bonds is 5. The van der Waals surface area contributed by atoms with Gasteiger partial charge in [0.2, 0.25) is 5.91 Å². The molecule has 2 amide bonds. The zero-order chi connectivity index (χ0) is 15.9. The SMILES string of the molecule is O=C(CCNC(=O)c1ccccc1)Nc1cc(Br)ccc1Br. The van der Waals surface area contributed by atoms with Gasteiger partial charge in [-0.2, -0.15) is 0 Å². The van der Waals surface area contributed by atoms with Crippen LogP contribution in [0.2, 0.25) is 0 Å². The van der Waals surface area contributed by atoms with Crippen molar-refractivity contribution in [3.8, 4) is 0 Å². The molecule has 6 heteroatoms. The van der Waals surface area contributed by atoms with E-state index in [9.17, 15) is 9.59 Å². The van der Waals surface area contributed by atoms with Crippen LogP contribution >= 0.6 is 31.9 Å². The van der Waals surface area contributed by atoms with Crippen molar-refractivity contribution in [2.75, 3.05) is 11.9 Å². The molecule has 0 heterocycles. The predicted octanol–water partition coefficient (Wildman–Crippen LogP) is 3.97. The molecule has 4 nitrogen and oxygen atoms in total. The van der Waals surface area contributed by atoms with Gasteiger partial charge in [-0.15, -0.1) is 0 Å². The molecule has 0 saturated heterocycles. The highest BCUT2D eigenvalue weighted by Gasteiger charge is 2.08. The van der Waals surface area contributed by atoms with Crippen LogP contribution in [0, 0.1) is 0 Å². The van der Waals surface area contributed by atoms with E-state index in [4.69, 9.17) is 0 Å². The summed E-state index contributed by atoms with van der Waals surface area (Å²) in [6, 6.07) is 14.4. The minimum atomic E-state index is -0.183. The zero-order valence-corrected chi connectivity index (χ0v) is 14.8. The molecule has 0 radical (unpaired) electrons. The van der Waals surface area contributed by atoms with E-state index in [2.05, 4.69) is 42.5 Å². The molecule has 0 saturated carbocycles. The molecule has 0 aliphatic rings. The minimum Gasteiger partial charge on any atom is -0.352 e. The third-order valence-electron chi connectivity index (χ3n) is 2.88. The van der Waals surface area contributed by atoms with Gasteiger partial charge < -0.3 is 10.6 Å². The smallest absolute Gasteiger partial charge is 0.251 e. The molecule has 22 heavy (non-hydrogen) atoms. The first-order valence-corrected chi connectivity index (χ1v) is 8.23. The highest BCUT2D eigenvalue weighted by molar-refractivity contribution is 9.11. The molecule has 2 rings (SSSR count). The van der Waals surface area contributed by atoms with Crippen LogP contribution in [0.15, 0.2) is 57.5 Å². The second-order valence-electron chi connectivity index (χ2n) is 4.54. The Balaban J connectivity index is 1.81. The lowest BCUT2D eigenvalue weighted by molar-refractivity contribution is -0.116. The first kappa shape index (κ1) is 16.7. The summed E-state index contributed by atoms with van der Waals surface area (Å²) in [5.74, 6) is -0.343. The first-order chi connectivity index (χ1) is 10.6. The van der Waals surface area contributed by atoms with Crippen molar-refractivity contribution < 1.29 is 9.59 Å². The minimum absolute atomic E-state index is 0.160. The van der Waals surface area contributed by atoms with Crippen LogP contribution in [0.3, 0.4) is 0 Å². The first-order valence-electron chi connectivity index (χ1n) is 6.64. The Morgan fingerprint density at radius 2 is 1.73 bits per heavy atom. The molecular weight excluding hydrogens is 412 g/mol. The lowest BCUT2D eigenvalue weighted by Gasteiger charge is -2.09. The van der Waals surface area contributed by atoms with Crippen molar-refractivity contribution >= 4 is 49.4 Å². The van der Waals surface area contributed by atoms with Crippen LogP contribution in [0.1, 0.15) is 16.8 Å². The molecule has 0 aliphatic heterocycles. The lowest BCUT2D eigenvalue weighted by atomic mass is 10.2. The van der Waals surface area contributed by atoms with Crippen molar-refractivity contribution in [3.63, 3.8) is 0 Å². The van der Waals surface area contributed by atoms with Gasteiger partial charge in [0.05, 0.1) is 5.69 Å². The predicted molar refractivity (Wildman–Crippen MR) is 93.9 cm³/mol. The number of hydrogen-bond donors (Lipinski definition) is 2. The van der Waals surface area contributed by atoms with Crippen LogP contribution in [-0.2, 0) is 4.79 Å². The van der Waals surface area contributed by atoms with E-state index in [0.29, 0.717) is 11.3 Å². The van der Waals surface area contributed by atoms with Gasteiger partial charge >= 0.3 is 0 Å². The quantitative estimate of drug-likeness (QED) is 0.761. The highest BCUT2D eigenvalue weighted by atomic mass is 79.9. The average Bonchev–Trinajstić information content (AvgIpc) is 2.51. The fourth-order valence-electron chi connectivity index (χ4n) is 1.79. The second kappa shape index (κ2) is 8.10. The van der Waals surface area contributed by atoms with Crippen LogP contribution in [-0.4, -0.2) is 18.4 Å². The highest BCUT2D eigenvalue weighted by Crippen LogP contribution is 2.26. The Morgan fingerprint density at radius 1 is 1.00 bits per heavy atom. The molecule has 0 fully saturated rings. The molecular formula is C16H14Br2N2O2. The zero-order valence-electron chi connectivity index (χ0n) is 11.6. The molecule has 114 valence electrons. The monoisotopic (exact) mass is 424 g/mol. The molecule has 2 N–H and O–H groups in total. The van der Waals surface area contributed by atoms with Crippen LogP contribution < -0.4 is 10.6 Å². The number of carbonyl (C=O) groups excluding carboxylic acids is 2. The molecule has 2 aromatic rings. The van der Waals surface area contributed by atoms with Crippen molar-refractivity contribution in [3.05, 3.63) is 63.0 Å². The van der Waals surface area contributed by atoms with Gasteiger partial charge in [0.25, 0.3) is 5.91 Å². The topological polar surface area (TPSA) is 58.2 Å². The summed E-state index contributed by atoms with van der Waals surface area (Å²) in [5, 5.41) is 5.52. The van der Waals surface area contributed by atoms with Crippen LogP contribution in [0.5, 0.6) is 0 Å².